The summed E-state index contributed by atoms with van der Waals surface area (Å²) in [7, 11) is 0. The van der Waals surface area contributed by atoms with Crippen LogP contribution < -0.4 is 5.32 Å². The van der Waals surface area contributed by atoms with E-state index in [4.69, 9.17) is 0 Å². The van der Waals surface area contributed by atoms with Gasteiger partial charge in [-0.3, -0.25) is 4.79 Å². The summed E-state index contributed by atoms with van der Waals surface area (Å²) in [6.07, 6.45) is 1.82. The Balaban J connectivity index is 2.30. The van der Waals surface area contributed by atoms with E-state index >= 15 is 0 Å². The van der Waals surface area contributed by atoms with Crippen LogP contribution in [0.3, 0.4) is 0 Å². The summed E-state index contributed by atoms with van der Waals surface area (Å²) in [5.41, 5.74) is 1.12. The molecule has 0 fully saturated rings. The molecule has 84 valence electrons. The number of hydrogen-bond donors (Lipinski definition) is 1. The first kappa shape index (κ1) is 10.7. The number of carbonyl (C=O) groups is 1. The molecule has 0 bridgehead atoms. The van der Waals surface area contributed by atoms with Gasteiger partial charge in [-0.2, -0.15) is 5.10 Å². The number of amides is 1. The van der Waals surface area contributed by atoms with E-state index in [1.54, 1.807) is 10.6 Å². The highest BCUT2D eigenvalue weighted by Gasteiger charge is 2.17. The molecule has 0 aliphatic heterocycles. The summed E-state index contributed by atoms with van der Waals surface area (Å²) in [4.78, 5) is 11.8. The van der Waals surface area contributed by atoms with Crippen molar-refractivity contribution < 1.29 is 4.79 Å². The molecule has 0 unspecified atom stereocenters. The van der Waals surface area contributed by atoms with Gasteiger partial charge in [0.2, 0.25) is 0 Å². The summed E-state index contributed by atoms with van der Waals surface area (Å²) in [6.45, 7) is 5.84. The van der Waals surface area contributed by atoms with Crippen molar-refractivity contribution >= 4 is 11.4 Å². The van der Waals surface area contributed by atoms with Crippen molar-refractivity contribution in [3.63, 3.8) is 0 Å². The Bertz CT molecular complexity index is 489. The molecule has 0 atom stereocenters. The molecule has 0 aliphatic rings. The van der Waals surface area contributed by atoms with Crippen LogP contribution in [0.15, 0.2) is 30.5 Å². The van der Waals surface area contributed by atoms with Crippen molar-refractivity contribution in [2.45, 2.75) is 26.3 Å². The van der Waals surface area contributed by atoms with Crippen LogP contribution in [0.1, 0.15) is 31.3 Å². The minimum atomic E-state index is -0.243. The lowest BCUT2D eigenvalue weighted by molar-refractivity contribution is 0.0914. The monoisotopic (exact) mass is 217 g/mol. The molecule has 2 aromatic heterocycles. The van der Waals surface area contributed by atoms with Crippen molar-refractivity contribution in [1.82, 2.24) is 14.9 Å². The first-order chi connectivity index (χ1) is 7.46. The van der Waals surface area contributed by atoms with Crippen molar-refractivity contribution in [1.29, 1.82) is 0 Å². The highest BCUT2D eigenvalue weighted by Crippen LogP contribution is 2.07. The Hall–Kier alpha value is -1.84. The highest BCUT2D eigenvalue weighted by atomic mass is 16.2. The molecule has 0 saturated carbocycles. The predicted molar refractivity (Wildman–Crippen MR) is 62.4 cm³/mol. The lowest BCUT2D eigenvalue weighted by Crippen LogP contribution is -2.40. The molecule has 2 heterocycles. The molecule has 16 heavy (non-hydrogen) atoms. The van der Waals surface area contributed by atoms with Crippen LogP contribution >= 0.6 is 0 Å². The second kappa shape index (κ2) is 3.63. The number of pyridine rings is 1. The van der Waals surface area contributed by atoms with E-state index < -0.39 is 0 Å². The average Bonchev–Trinajstić information content (AvgIpc) is 2.58. The van der Waals surface area contributed by atoms with E-state index in [9.17, 15) is 4.79 Å². The van der Waals surface area contributed by atoms with Crippen LogP contribution in [-0.2, 0) is 0 Å². The Morgan fingerprint density at radius 2 is 2.12 bits per heavy atom. The Morgan fingerprint density at radius 1 is 1.38 bits per heavy atom. The smallest absolute Gasteiger partial charge is 0.272 e. The van der Waals surface area contributed by atoms with Crippen molar-refractivity contribution in [3.8, 4) is 0 Å². The highest BCUT2D eigenvalue weighted by molar-refractivity contribution is 5.93. The number of nitrogens with zero attached hydrogens (tertiary/aromatic N) is 2. The minimum absolute atomic E-state index is 0.142. The van der Waals surface area contributed by atoms with Crippen LogP contribution in [-0.4, -0.2) is 21.1 Å². The third-order valence-corrected chi connectivity index (χ3v) is 2.09. The van der Waals surface area contributed by atoms with E-state index in [2.05, 4.69) is 10.4 Å². The Morgan fingerprint density at radius 3 is 2.75 bits per heavy atom. The summed E-state index contributed by atoms with van der Waals surface area (Å²) >= 11 is 0. The third kappa shape index (κ3) is 2.21. The summed E-state index contributed by atoms with van der Waals surface area (Å²) < 4.78 is 1.69. The van der Waals surface area contributed by atoms with Gasteiger partial charge in [-0.05, 0) is 39.0 Å². The van der Waals surface area contributed by atoms with Crippen molar-refractivity contribution in [2.75, 3.05) is 0 Å². The molecule has 0 spiro atoms. The van der Waals surface area contributed by atoms with Crippen LogP contribution in [0.5, 0.6) is 0 Å². The molecule has 2 aromatic rings. The zero-order valence-electron chi connectivity index (χ0n) is 9.69. The molecule has 4 nitrogen and oxygen atoms in total. The molecular weight excluding hydrogens is 202 g/mol. The van der Waals surface area contributed by atoms with E-state index in [1.165, 1.54) is 0 Å². The Labute approximate surface area is 94.3 Å². The van der Waals surface area contributed by atoms with Crippen molar-refractivity contribution in [2.24, 2.45) is 0 Å². The van der Waals surface area contributed by atoms with Gasteiger partial charge in [-0.1, -0.05) is 6.07 Å². The second-order valence-corrected chi connectivity index (χ2v) is 4.80. The van der Waals surface area contributed by atoms with Crippen LogP contribution in [0.2, 0.25) is 0 Å². The molecule has 0 aromatic carbocycles. The van der Waals surface area contributed by atoms with E-state index in [0.717, 1.165) is 5.52 Å². The van der Waals surface area contributed by atoms with Gasteiger partial charge in [0.25, 0.3) is 5.91 Å². The lowest BCUT2D eigenvalue weighted by Gasteiger charge is -2.19. The van der Waals surface area contributed by atoms with E-state index in [1.807, 2.05) is 45.2 Å². The molecular formula is C12H15N3O. The molecule has 0 saturated heterocycles. The summed E-state index contributed by atoms with van der Waals surface area (Å²) in [5, 5.41) is 7.08. The number of carbonyl (C=O) groups excluding carboxylic acids is 1. The molecule has 0 aliphatic carbocycles. The van der Waals surface area contributed by atoms with E-state index in [0.29, 0.717) is 5.69 Å². The van der Waals surface area contributed by atoms with Crippen molar-refractivity contribution in [3.05, 3.63) is 36.2 Å². The first-order valence-corrected chi connectivity index (χ1v) is 5.23. The van der Waals surface area contributed by atoms with Crippen LogP contribution in [0, 0.1) is 0 Å². The fourth-order valence-electron chi connectivity index (χ4n) is 1.45. The van der Waals surface area contributed by atoms with Gasteiger partial charge in [-0.25, -0.2) is 4.52 Å². The lowest BCUT2D eigenvalue weighted by atomic mass is 10.1. The van der Waals surface area contributed by atoms with Gasteiger partial charge in [0.05, 0.1) is 5.52 Å². The van der Waals surface area contributed by atoms with Gasteiger partial charge in [0.15, 0.2) is 5.69 Å². The number of rotatable bonds is 1. The molecule has 1 amide bonds. The Kier molecular flexibility index (Phi) is 2.42. The fourth-order valence-corrected chi connectivity index (χ4v) is 1.45. The SMILES string of the molecule is CC(C)(C)NC(=O)c1cc2ccccn2n1. The maximum absolute atomic E-state index is 11.8. The topological polar surface area (TPSA) is 46.4 Å². The predicted octanol–water partition coefficient (Wildman–Crippen LogP) is 1.86. The molecule has 2 rings (SSSR count). The van der Waals surface area contributed by atoms with Gasteiger partial charge in [0, 0.05) is 11.7 Å². The van der Waals surface area contributed by atoms with E-state index in [-0.39, 0.29) is 11.4 Å². The third-order valence-electron chi connectivity index (χ3n) is 2.09. The molecule has 1 N–H and O–H groups in total. The average molecular weight is 217 g/mol. The van der Waals surface area contributed by atoms with Gasteiger partial charge in [-0.15, -0.1) is 0 Å². The fraction of sp³-hybridized carbons (Fsp3) is 0.333. The van der Waals surface area contributed by atoms with Gasteiger partial charge < -0.3 is 5.32 Å². The summed E-state index contributed by atoms with van der Waals surface area (Å²) in [5.74, 6) is -0.142. The first-order valence-electron chi connectivity index (χ1n) is 5.23. The second-order valence-electron chi connectivity index (χ2n) is 4.80. The number of nitrogens with one attached hydrogen (secondary N) is 1. The number of aromatic nitrogens is 2. The van der Waals surface area contributed by atoms with Crippen LogP contribution in [0.4, 0.5) is 0 Å². The normalized spacial score (nSPS) is 11.7. The zero-order valence-corrected chi connectivity index (χ0v) is 9.69. The van der Waals surface area contributed by atoms with Crippen LogP contribution in [0.25, 0.3) is 5.52 Å². The number of fused-ring (bicyclic) bond motifs is 1. The molecule has 0 radical (unpaired) electrons. The maximum Gasteiger partial charge on any atom is 0.272 e. The number of hydrogen-bond acceptors (Lipinski definition) is 2. The zero-order chi connectivity index (χ0) is 11.8. The summed E-state index contributed by atoms with van der Waals surface area (Å²) in [6, 6.07) is 7.50. The largest absolute Gasteiger partial charge is 0.346 e. The maximum atomic E-state index is 11.8. The van der Waals surface area contributed by atoms with Gasteiger partial charge >= 0.3 is 0 Å². The van der Waals surface area contributed by atoms with Gasteiger partial charge in [0.1, 0.15) is 0 Å². The quantitative estimate of drug-likeness (QED) is 0.792. The minimum Gasteiger partial charge on any atom is -0.346 e. The molecule has 4 heteroatoms. The standard InChI is InChI=1S/C12H15N3O/c1-12(2,3)13-11(16)10-8-9-6-4-5-7-15(9)14-10/h4-8H,1-3H3,(H,13,16).